The molecule has 0 aliphatic carbocycles. The van der Waals surface area contributed by atoms with Gasteiger partial charge in [0.05, 0.1) is 12.2 Å². The Morgan fingerprint density at radius 1 is 1.40 bits per heavy atom. The van der Waals surface area contributed by atoms with E-state index in [1.165, 1.54) is 6.92 Å². The molecule has 0 spiro atoms. The van der Waals surface area contributed by atoms with Crippen molar-refractivity contribution in [2.75, 3.05) is 0 Å². The van der Waals surface area contributed by atoms with E-state index in [-0.39, 0.29) is 6.42 Å². The molecule has 0 aliphatic heterocycles. The lowest BCUT2D eigenvalue weighted by molar-refractivity contribution is -0.0491. The monoisotopic (exact) mass is 144 g/mol. The van der Waals surface area contributed by atoms with E-state index in [0.717, 1.165) is 0 Å². The van der Waals surface area contributed by atoms with Gasteiger partial charge in [-0.25, -0.2) is 0 Å². The summed E-state index contributed by atoms with van der Waals surface area (Å²) < 4.78 is 0. The van der Waals surface area contributed by atoms with Gasteiger partial charge in [0.15, 0.2) is 0 Å². The smallest absolute Gasteiger partial charge is 0.106 e. The fourth-order valence-electron chi connectivity index (χ4n) is 0.563. The molecule has 0 saturated carbocycles. The fraction of sp³-hybridized carbons (Fsp3) is 0.714. The van der Waals surface area contributed by atoms with Gasteiger partial charge in [0.1, 0.15) is 6.10 Å². The maximum atomic E-state index is 8.94. The standard InChI is InChI=1S/C7H12O3/c1-3-4-6(9)7(10)5(2)8/h1,5-10H,4H2,2H3/t5-,6+,7+/m0/s1. The lowest BCUT2D eigenvalue weighted by Crippen LogP contribution is -2.35. The highest BCUT2D eigenvalue weighted by molar-refractivity contribution is 4.90. The summed E-state index contributed by atoms with van der Waals surface area (Å²) in [6.07, 6.45) is 1.82. The van der Waals surface area contributed by atoms with Crippen molar-refractivity contribution in [3.63, 3.8) is 0 Å². The summed E-state index contributed by atoms with van der Waals surface area (Å²) >= 11 is 0. The minimum Gasteiger partial charge on any atom is -0.391 e. The normalized spacial score (nSPS) is 19.1. The van der Waals surface area contributed by atoms with Gasteiger partial charge in [0, 0.05) is 6.42 Å². The molecule has 0 rings (SSSR count). The van der Waals surface area contributed by atoms with Gasteiger partial charge in [0.2, 0.25) is 0 Å². The summed E-state index contributed by atoms with van der Waals surface area (Å²) in [6.45, 7) is 1.39. The van der Waals surface area contributed by atoms with E-state index >= 15 is 0 Å². The molecule has 0 heterocycles. The molecule has 0 aromatic heterocycles. The maximum Gasteiger partial charge on any atom is 0.106 e. The van der Waals surface area contributed by atoms with E-state index in [4.69, 9.17) is 21.7 Å². The Morgan fingerprint density at radius 3 is 2.20 bits per heavy atom. The predicted octanol–water partition coefficient (Wildman–Crippen LogP) is -0.888. The third kappa shape index (κ3) is 2.83. The molecule has 58 valence electrons. The third-order valence-electron chi connectivity index (χ3n) is 1.22. The van der Waals surface area contributed by atoms with E-state index in [2.05, 4.69) is 5.92 Å². The van der Waals surface area contributed by atoms with Gasteiger partial charge in [-0.1, -0.05) is 0 Å². The molecule has 0 unspecified atom stereocenters. The van der Waals surface area contributed by atoms with Crippen LogP contribution in [0, 0.1) is 12.3 Å². The van der Waals surface area contributed by atoms with Crippen LogP contribution in [0.25, 0.3) is 0 Å². The number of rotatable bonds is 3. The molecule has 0 radical (unpaired) electrons. The van der Waals surface area contributed by atoms with Gasteiger partial charge >= 0.3 is 0 Å². The Balaban J connectivity index is 3.72. The lowest BCUT2D eigenvalue weighted by Gasteiger charge is -2.17. The van der Waals surface area contributed by atoms with Crippen LogP contribution in [-0.4, -0.2) is 33.6 Å². The molecule has 0 aromatic rings. The van der Waals surface area contributed by atoms with Crippen LogP contribution in [0.2, 0.25) is 0 Å². The average molecular weight is 144 g/mol. The molecule has 0 fully saturated rings. The van der Waals surface area contributed by atoms with Crippen LogP contribution in [0.5, 0.6) is 0 Å². The molecule has 3 N–H and O–H groups in total. The SMILES string of the molecule is C#CC[C@@H](O)[C@H](O)[C@H](C)O. The third-order valence-corrected chi connectivity index (χ3v) is 1.22. The molecule has 0 saturated heterocycles. The molecular weight excluding hydrogens is 132 g/mol. The summed E-state index contributed by atoms with van der Waals surface area (Å²) in [7, 11) is 0. The van der Waals surface area contributed by atoms with Crippen LogP contribution in [0.15, 0.2) is 0 Å². The quantitative estimate of drug-likeness (QED) is 0.450. The van der Waals surface area contributed by atoms with E-state index in [1.54, 1.807) is 0 Å². The van der Waals surface area contributed by atoms with Crippen molar-refractivity contribution in [2.24, 2.45) is 0 Å². The number of aliphatic hydroxyl groups is 3. The molecule has 0 aromatic carbocycles. The van der Waals surface area contributed by atoms with Crippen molar-refractivity contribution in [3.8, 4) is 12.3 Å². The Hall–Kier alpha value is -0.560. The van der Waals surface area contributed by atoms with E-state index < -0.39 is 18.3 Å². The highest BCUT2D eigenvalue weighted by atomic mass is 16.4. The summed E-state index contributed by atoms with van der Waals surface area (Å²) in [5.74, 6) is 2.18. The summed E-state index contributed by atoms with van der Waals surface area (Å²) in [5, 5.41) is 26.6. The summed E-state index contributed by atoms with van der Waals surface area (Å²) in [6, 6.07) is 0. The second-order valence-electron chi connectivity index (χ2n) is 2.21. The zero-order valence-corrected chi connectivity index (χ0v) is 5.86. The van der Waals surface area contributed by atoms with Crippen LogP contribution in [0.4, 0.5) is 0 Å². The minimum absolute atomic E-state index is 0.0616. The maximum absolute atomic E-state index is 8.94. The van der Waals surface area contributed by atoms with Crippen molar-refractivity contribution in [1.29, 1.82) is 0 Å². The van der Waals surface area contributed by atoms with Crippen LogP contribution in [0.3, 0.4) is 0 Å². The van der Waals surface area contributed by atoms with Crippen molar-refractivity contribution in [1.82, 2.24) is 0 Å². The molecule has 3 nitrogen and oxygen atoms in total. The second kappa shape index (κ2) is 4.29. The molecule has 0 bridgehead atoms. The number of hydrogen-bond donors (Lipinski definition) is 3. The Kier molecular flexibility index (Phi) is 4.05. The average Bonchev–Trinajstić information content (AvgIpc) is 1.87. The Bertz CT molecular complexity index is 125. The molecule has 0 aliphatic rings. The largest absolute Gasteiger partial charge is 0.391 e. The molecule has 3 atom stereocenters. The van der Waals surface area contributed by atoms with Gasteiger partial charge in [-0.05, 0) is 6.92 Å². The zero-order valence-electron chi connectivity index (χ0n) is 5.86. The Morgan fingerprint density at radius 2 is 1.90 bits per heavy atom. The highest BCUT2D eigenvalue weighted by Crippen LogP contribution is 2.01. The van der Waals surface area contributed by atoms with Gasteiger partial charge in [-0.2, -0.15) is 0 Å². The van der Waals surface area contributed by atoms with Gasteiger partial charge in [-0.3, -0.25) is 0 Å². The number of hydrogen-bond acceptors (Lipinski definition) is 3. The zero-order chi connectivity index (χ0) is 8.15. The molecule has 0 amide bonds. The Labute approximate surface area is 60.3 Å². The van der Waals surface area contributed by atoms with Crippen LogP contribution < -0.4 is 0 Å². The van der Waals surface area contributed by atoms with E-state index in [0.29, 0.717) is 0 Å². The van der Waals surface area contributed by atoms with Crippen molar-refractivity contribution < 1.29 is 15.3 Å². The second-order valence-corrected chi connectivity index (χ2v) is 2.21. The van der Waals surface area contributed by atoms with Crippen molar-refractivity contribution in [3.05, 3.63) is 0 Å². The van der Waals surface area contributed by atoms with Crippen LogP contribution >= 0.6 is 0 Å². The first-order valence-electron chi connectivity index (χ1n) is 3.07. The highest BCUT2D eigenvalue weighted by Gasteiger charge is 2.19. The first-order chi connectivity index (χ1) is 4.59. The first kappa shape index (κ1) is 9.44. The van der Waals surface area contributed by atoms with Crippen molar-refractivity contribution in [2.45, 2.75) is 31.7 Å². The summed E-state index contributed by atoms with van der Waals surface area (Å²) in [4.78, 5) is 0. The lowest BCUT2D eigenvalue weighted by atomic mass is 10.1. The van der Waals surface area contributed by atoms with Crippen molar-refractivity contribution >= 4 is 0 Å². The molecular formula is C7H12O3. The van der Waals surface area contributed by atoms with E-state index in [1.807, 2.05) is 0 Å². The van der Waals surface area contributed by atoms with Gasteiger partial charge < -0.3 is 15.3 Å². The molecule has 3 heteroatoms. The number of aliphatic hydroxyl groups excluding tert-OH is 3. The predicted molar refractivity (Wildman–Crippen MR) is 37.1 cm³/mol. The van der Waals surface area contributed by atoms with Gasteiger partial charge in [-0.15, -0.1) is 12.3 Å². The van der Waals surface area contributed by atoms with Crippen LogP contribution in [0.1, 0.15) is 13.3 Å². The number of terminal acetylenes is 1. The van der Waals surface area contributed by atoms with E-state index in [9.17, 15) is 0 Å². The first-order valence-corrected chi connectivity index (χ1v) is 3.07. The minimum atomic E-state index is -1.14. The molecule has 10 heavy (non-hydrogen) atoms. The van der Waals surface area contributed by atoms with Gasteiger partial charge in [0.25, 0.3) is 0 Å². The summed E-state index contributed by atoms with van der Waals surface area (Å²) in [5.41, 5.74) is 0. The van der Waals surface area contributed by atoms with Crippen LogP contribution in [-0.2, 0) is 0 Å². The topological polar surface area (TPSA) is 60.7 Å². The fourth-order valence-corrected chi connectivity index (χ4v) is 0.563.